The van der Waals surface area contributed by atoms with Gasteiger partial charge in [0.2, 0.25) is 0 Å². The molecule has 1 heterocycles. The summed E-state index contributed by atoms with van der Waals surface area (Å²) in [6.07, 6.45) is -0.880. The average molecular weight is 333 g/mol. The van der Waals surface area contributed by atoms with Gasteiger partial charge in [-0.25, -0.2) is 8.78 Å². The number of halogens is 2. The zero-order chi connectivity index (χ0) is 16.4. The molecular formula is C17H13F2NO2S. The highest BCUT2D eigenvalue weighted by molar-refractivity contribution is 7.19. The fourth-order valence-corrected chi connectivity index (χ4v) is 3.29. The largest absolute Gasteiger partial charge is 0.386 e. The number of hydrogen-bond donors (Lipinski definition) is 2. The number of benzene rings is 2. The van der Waals surface area contributed by atoms with E-state index in [-0.39, 0.29) is 12.1 Å². The van der Waals surface area contributed by atoms with Gasteiger partial charge in [-0.2, -0.15) is 0 Å². The predicted molar refractivity (Wildman–Crippen MR) is 85.5 cm³/mol. The van der Waals surface area contributed by atoms with Crippen LogP contribution in [0.3, 0.4) is 0 Å². The zero-order valence-electron chi connectivity index (χ0n) is 11.9. The van der Waals surface area contributed by atoms with Gasteiger partial charge in [-0.15, -0.1) is 11.3 Å². The molecule has 0 bridgehead atoms. The second-order valence-electron chi connectivity index (χ2n) is 5.07. The maximum atomic E-state index is 13.1. The lowest BCUT2D eigenvalue weighted by molar-refractivity contribution is 0.0917. The lowest BCUT2D eigenvalue weighted by atomic mass is 10.2. The smallest absolute Gasteiger partial charge is 0.251 e. The zero-order valence-corrected chi connectivity index (χ0v) is 12.7. The Morgan fingerprint density at radius 3 is 2.52 bits per heavy atom. The number of rotatable bonds is 4. The van der Waals surface area contributed by atoms with E-state index < -0.39 is 23.6 Å². The lowest BCUT2D eigenvalue weighted by Gasteiger charge is -2.10. The molecule has 3 aromatic rings. The van der Waals surface area contributed by atoms with E-state index in [4.69, 9.17) is 0 Å². The van der Waals surface area contributed by atoms with Crippen LogP contribution in [0.15, 0.2) is 48.5 Å². The van der Waals surface area contributed by atoms with Crippen LogP contribution >= 0.6 is 11.3 Å². The average Bonchev–Trinajstić information content (AvgIpc) is 2.95. The third kappa shape index (κ3) is 3.55. The van der Waals surface area contributed by atoms with Gasteiger partial charge in [0, 0.05) is 27.8 Å². The third-order valence-electron chi connectivity index (χ3n) is 3.35. The van der Waals surface area contributed by atoms with Crippen LogP contribution in [0.4, 0.5) is 8.78 Å². The van der Waals surface area contributed by atoms with Crippen LogP contribution in [0, 0.1) is 11.6 Å². The first-order chi connectivity index (χ1) is 11.0. The Balaban J connectivity index is 1.68. The number of amides is 1. The normalized spacial score (nSPS) is 12.3. The van der Waals surface area contributed by atoms with Gasteiger partial charge >= 0.3 is 0 Å². The van der Waals surface area contributed by atoms with Crippen molar-refractivity contribution < 1.29 is 18.7 Å². The molecule has 1 amide bonds. The van der Waals surface area contributed by atoms with E-state index in [9.17, 15) is 18.7 Å². The number of carbonyl (C=O) groups is 1. The topological polar surface area (TPSA) is 49.3 Å². The quantitative estimate of drug-likeness (QED) is 0.766. The molecule has 0 fully saturated rings. The number of thiophene rings is 1. The van der Waals surface area contributed by atoms with E-state index in [1.165, 1.54) is 11.3 Å². The maximum absolute atomic E-state index is 13.1. The molecule has 2 aromatic carbocycles. The van der Waals surface area contributed by atoms with E-state index >= 15 is 0 Å². The molecule has 2 N–H and O–H groups in total. The van der Waals surface area contributed by atoms with Crippen molar-refractivity contribution in [2.75, 3.05) is 6.54 Å². The van der Waals surface area contributed by atoms with Gasteiger partial charge in [0.1, 0.15) is 17.7 Å². The molecule has 23 heavy (non-hydrogen) atoms. The maximum Gasteiger partial charge on any atom is 0.251 e. The molecule has 1 unspecified atom stereocenters. The molecule has 0 radical (unpaired) electrons. The monoisotopic (exact) mass is 333 g/mol. The van der Waals surface area contributed by atoms with Crippen molar-refractivity contribution in [2.24, 2.45) is 0 Å². The van der Waals surface area contributed by atoms with Crippen molar-refractivity contribution in [3.63, 3.8) is 0 Å². The molecule has 3 rings (SSSR count). The SMILES string of the molecule is O=C(NCC(O)c1cc2ccccc2s1)c1cc(F)cc(F)c1. The molecule has 118 valence electrons. The van der Waals surface area contributed by atoms with E-state index in [0.29, 0.717) is 6.07 Å². The highest BCUT2D eigenvalue weighted by Gasteiger charge is 2.14. The molecule has 6 heteroatoms. The number of hydrogen-bond acceptors (Lipinski definition) is 3. The van der Waals surface area contributed by atoms with E-state index in [1.807, 2.05) is 30.3 Å². The summed E-state index contributed by atoms with van der Waals surface area (Å²) in [5.74, 6) is -2.27. The van der Waals surface area contributed by atoms with Gasteiger partial charge in [0.25, 0.3) is 5.91 Å². The van der Waals surface area contributed by atoms with Crippen molar-refractivity contribution in [2.45, 2.75) is 6.10 Å². The van der Waals surface area contributed by atoms with Crippen molar-refractivity contribution in [3.05, 3.63) is 70.6 Å². The minimum atomic E-state index is -0.880. The minimum Gasteiger partial charge on any atom is -0.386 e. The standard InChI is InChI=1S/C17H13F2NO2S/c18-12-5-11(6-13(19)8-12)17(22)20-9-14(21)16-7-10-3-1-2-4-15(10)23-16/h1-8,14,21H,9H2,(H,20,22). The lowest BCUT2D eigenvalue weighted by Crippen LogP contribution is -2.28. The van der Waals surface area contributed by atoms with Crippen LogP contribution in [-0.4, -0.2) is 17.6 Å². The number of nitrogens with one attached hydrogen (secondary N) is 1. The minimum absolute atomic E-state index is 0.0379. The van der Waals surface area contributed by atoms with Gasteiger partial charge in [-0.3, -0.25) is 4.79 Å². The summed E-state index contributed by atoms with van der Waals surface area (Å²) in [7, 11) is 0. The van der Waals surface area contributed by atoms with Crippen LogP contribution in [0.1, 0.15) is 21.3 Å². The Bertz CT molecular complexity index is 809. The summed E-state index contributed by atoms with van der Waals surface area (Å²) in [5.41, 5.74) is -0.119. The van der Waals surface area contributed by atoms with Gasteiger partial charge in [-0.1, -0.05) is 18.2 Å². The summed E-state index contributed by atoms with van der Waals surface area (Å²) in [4.78, 5) is 12.6. The van der Waals surface area contributed by atoms with Crippen LogP contribution in [0.5, 0.6) is 0 Å². The molecule has 0 aliphatic rings. The Morgan fingerprint density at radius 2 is 1.83 bits per heavy atom. The van der Waals surface area contributed by atoms with Crippen molar-refractivity contribution in [3.8, 4) is 0 Å². The first kappa shape index (κ1) is 15.6. The predicted octanol–water partition coefficient (Wildman–Crippen LogP) is 3.64. The molecule has 0 saturated carbocycles. The van der Waals surface area contributed by atoms with Crippen molar-refractivity contribution in [1.82, 2.24) is 5.32 Å². The van der Waals surface area contributed by atoms with E-state index in [1.54, 1.807) is 0 Å². The van der Waals surface area contributed by atoms with Gasteiger partial charge in [0.05, 0.1) is 0 Å². The summed E-state index contributed by atoms with van der Waals surface area (Å²) >= 11 is 1.44. The van der Waals surface area contributed by atoms with Gasteiger partial charge in [-0.05, 0) is 29.7 Å². The Morgan fingerprint density at radius 1 is 1.13 bits per heavy atom. The second kappa shape index (κ2) is 6.44. The molecule has 0 spiro atoms. The number of fused-ring (bicyclic) bond motifs is 1. The number of aliphatic hydroxyl groups is 1. The second-order valence-corrected chi connectivity index (χ2v) is 6.19. The molecule has 0 aliphatic heterocycles. The molecular weight excluding hydrogens is 320 g/mol. The molecule has 0 saturated heterocycles. The number of carbonyl (C=O) groups excluding carboxylic acids is 1. The van der Waals surface area contributed by atoms with E-state index in [2.05, 4.69) is 5.32 Å². The highest BCUT2D eigenvalue weighted by atomic mass is 32.1. The molecule has 3 nitrogen and oxygen atoms in total. The summed E-state index contributed by atoms with van der Waals surface area (Å²) in [6, 6.07) is 12.2. The fraction of sp³-hybridized carbons (Fsp3) is 0.118. The Kier molecular flexibility index (Phi) is 4.36. The summed E-state index contributed by atoms with van der Waals surface area (Å²) in [6.45, 7) is -0.0379. The summed E-state index contributed by atoms with van der Waals surface area (Å²) in [5, 5.41) is 13.7. The molecule has 0 aliphatic carbocycles. The first-order valence-electron chi connectivity index (χ1n) is 6.94. The van der Waals surface area contributed by atoms with Crippen molar-refractivity contribution in [1.29, 1.82) is 0 Å². The van der Waals surface area contributed by atoms with Gasteiger partial charge < -0.3 is 10.4 Å². The first-order valence-corrected chi connectivity index (χ1v) is 7.75. The Labute approximate surface area is 135 Å². The molecule has 1 aromatic heterocycles. The third-order valence-corrected chi connectivity index (χ3v) is 4.57. The highest BCUT2D eigenvalue weighted by Crippen LogP contribution is 2.29. The number of aliphatic hydroxyl groups excluding tert-OH is 1. The van der Waals surface area contributed by atoms with E-state index in [0.717, 1.165) is 27.1 Å². The van der Waals surface area contributed by atoms with Gasteiger partial charge in [0.15, 0.2) is 0 Å². The van der Waals surface area contributed by atoms with Crippen LogP contribution in [0.25, 0.3) is 10.1 Å². The van der Waals surface area contributed by atoms with Crippen molar-refractivity contribution >= 4 is 27.3 Å². The van der Waals surface area contributed by atoms with Crippen LogP contribution < -0.4 is 5.32 Å². The Hall–Kier alpha value is -2.31. The fourth-order valence-electron chi connectivity index (χ4n) is 2.24. The summed E-state index contributed by atoms with van der Waals surface area (Å²) < 4.78 is 27.2. The van der Waals surface area contributed by atoms with Crippen LogP contribution in [-0.2, 0) is 0 Å². The van der Waals surface area contributed by atoms with Crippen LogP contribution in [0.2, 0.25) is 0 Å². The molecule has 1 atom stereocenters.